The van der Waals surface area contributed by atoms with Gasteiger partial charge < -0.3 is 29.4 Å². The minimum Gasteiger partial charge on any atom is -0.389 e. The van der Waals surface area contributed by atoms with Gasteiger partial charge in [-0.1, -0.05) is 200 Å². The lowest BCUT2D eigenvalue weighted by Gasteiger charge is -2.23. The summed E-state index contributed by atoms with van der Waals surface area (Å²) in [5.74, 6) is 0.0608. The SMILES string of the molecule is CCCCCCCCCCCCCCCCCCCCOCC(O)CNC(=O)CCCCCCCCCCCCCCC.C[N+](C)(C)CCOP(=O)(O)O. The molecule has 0 aliphatic carbocycles. The molecule has 54 heavy (non-hydrogen) atoms. The number of hydrogen-bond donors (Lipinski definition) is 4. The van der Waals surface area contributed by atoms with E-state index in [2.05, 4.69) is 23.7 Å². The number of hydrogen-bond acceptors (Lipinski definition) is 5. The number of amides is 1. The first-order valence-corrected chi connectivity index (χ1v) is 24.5. The predicted octanol–water partition coefficient (Wildman–Crippen LogP) is 11.8. The first kappa shape index (κ1) is 55.6. The van der Waals surface area contributed by atoms with E-state index in [4.69, 9.17) is 14.5 Å². The molecule has 4 N–H and O–H groups in total. The normalized spacial score (nSPS) is 12.4. The van der Waals surface area contributed by atoms with Crippen molar-refractivity contribution in [2.45, 2.75) is 225 Å². The number of rotatable bonds is 41. The molecule has 0 saturated carbocycles. The topological polar surface area (TPSA) is 125 Å². The van der Waals surface area contributed by atoms with Gasteiger partial charge in [-0.15, -0.1) is 0 Å². The smallest absolute Gasteiger partial charge is 0.389 e. The maximum absolute atomic E-state index is 12.0. The van der Waals surface area contributed by atoms with Crippen LogP contribution in [-0.4, -0.2) is 85.4 Å². The molecule has 1 unspecified atom stereocenters. The number of carbonyl (C=O) groups excluding carboxylic acids is 1. The number of phosphoric ester groups is 1. The standard InChI is InChI=1S/C39H79NO3.C5H14NO4P/c1-3-5-7-9-11-13-15-17-18-19-20-21-23-25-27-29-31-33-35-43-37-38(41)36-40-39(42)34-32-30-28-26-24-22-16-14-12-10-8-6-4-2;1-6(2,3)4-5-10-11(7,8)9/h38,41H,3-37H2,1-2H3,(H,40,42);4-5H2,1-3H3,(H-,7,8,9)/p+1. The van der Waals surface area contributed by atoms with Crippen molar-refractivity contribution in [1.29, 1.82) is 0 Å². The lowest BCUT2D eigenvalue weighted by Crippen LogP contribution is -2.37. The van der Waals surface area contributed by atoms with E-state index in [1.165, 1.54) is 180 Å². The summed E-state index contributed by atoms with van der Waals surface area (Å²) in [4.78, 5) is 28.6. The minimum absolute atomic E-state index is 0.0608. The Hall–Kier alpha value is -0.540. The summed E-state index contributed by atoms with van der Waals surface area (Å²) in [6.07, 6.45) is 41.9. The van der Waals surface area contributed by atoms with Crippen LogP contribution >= 0.6 is 7.82 Å². The molecule has 0 fully saturated rings. The maximum Gasteiger partial charge on any atom is 0.469 e. The Labute approximate surface area is 335 Å². The Balaban J connectivity index is 0. The number of aliphatic hydroxyl groups excluding tert-OH is 1. The van der Waals surface area contributed by atoms with Crippen LogP contribution in [0.3, 0.4) is 0 Å². The monoisotopic (exact) mass is 794 g/mol. The van der Waals surface area contributed by atoms with Gasteiger partial charge in [0.15, 0.2) is 0 Å². The Morgan fingerprint density at radius 2 is 0.889 bits per heavy atom. The second kappa shape index (κ2) is 42.1. The molecule has 0 rings (SSSR count). The highest BCUT2D eigenvalue weighted by Crippen LogP contribution is 2.35. The Kier molecular flexibility index (Phi) is 43.3. The van der Waals surface area contributed by atoms with Crippen LogP contribution in [-0.2, 0) is 18.6 Å². The van der Waals surface area contributed by atoms with Gasteiger partial charge in [0.1, 0.15) is 13.2 Å². The fourth-order valence-electron chi connectivity index (χ4n) is 6.44. The van der Waals surface area contributed by atoms with Crippen molar-refractivity contribution in [3.8, 4) is 0 Å². The van der Waals surface area contributed by atoms with Gasteiger partial charge in [-0.3, -0.25) is 9.32 Å². The average molecular weight is 794 g/mol. The molecule has 9 nitrogen and oxygen atoms in total. The molecule has 0 aromatic heterocycles. The van der Waals surface area contributed by atoms with Crippen molar-refractivity contribution in [1.82, 2.24) is 5.32 Å². The number of phosphoric acid groups is 1. The summed E-state index contributed by atoms with van der Waals surface area (Å²) in [7, 11) is 1.50. The fraction of sp³-hybridized carbons (Fsp3) is 0.977. The van der Waals surface area contributed by atoms with Gasteiger partial charge in [-0.05, 0) is 12.8 Å². The van der Waals surface area contributed by atoms with Crippen molar-refractivity contribution >= 4 is 13.7 Å². The molecule has 0 saturated heterocycles. The van der Waals surface area contributed by atoms with Gasteiger partial charge in [-0.25, -0.2) is 4.57 Å². The highest BCUT2D eigenvalue weighted by Gasteiger charge is 2.16. The largest absolute Gasteiger partial charge is 0.469 e. The molecule has 0 bridgehead atoms. The van der Waals surface area contributed by atoms with Crippen LogP contribution in [0.1, 0.15) is 219 Å². The summed E-state index contributed by atoms with van der Waals surface area (Å²) in [5.41, 5.74) is 0. The van der Waals surface area contributed by atoms with Gasteiger partial charge in [0, 0.05) is 19.6 Å². The molecule has 0 aromatic rings. The van der Waals surface area contributed by atoms with E-state index in [1.54, 1.807) is 0 Å². The highest BCUT2D eigenvalue weighted by atomic mass is 31.2. The molecule has 0 radical (unpaired) electrons. The summed E-state index contributed by atoms with van der Waals surface area (Å²) in [5, 5.41) is 13.0. The number of nitrogens with zero attached hydrogens (tertiary/aromatic N) is 1. The molecule has 0 aromatic carbocycles. The second-order valence-corrected chi connectivity index (χ2v) is 18.1. The van der Waals surface area contributed by atoms with E-state index >= 15 is 0 Å². The van der Waals surface area contributed by atoms with E-state index in [9.17, 15) is 14.5 Å². The molecular weight excluding hydrogens is 699 g/mol. The van der Waals surface area contributed by atoms with E-state index in [0.717, 1.165) is 19.3 Å². The Bertz CT molecular complexity index is 806. The van der Waals surface area contributed by atoms with Gasteiger partial charge in [0.25, 0.3) is 0 Å². The van der Waals surface area contributed by atoms with Gasteiger partial charge >= 0.3 is 7.82 Å². The van der Waals surface area contributed by atoms with E-state index in [1.807, 2.05) is 21.1 Å². The molecule has 326 valence electrons. The number of quaternary nitrogens is 1. The Morgan fingerprint density at radius 3 is 1.22 bits per heavy atom. The van der Waals surface area contributed by atoms with Crippen molar-refractivity contribution in [2.75, 3.05) is 54.1 Å². The summed E-state index contributed by atoms with van der Waals surface area (Å²) in [6, 6.07) is 0. The first-order valence-electron chi connectivity index (χ1n) is 22.9. The van der Waals surface area contributed by atoms with Crippen LogP contribution in [0.25, 0.3) is 0 Å². The number of nitrogens with one attached hydrogen (secondary N) is 1. The summed E-state index contributed by atoms with van der Waals surface area (Å²) in [6.45, 7) is 6.55. The molecule has 1 atom stereocenters. The van der Waals surface area contributed by atoms with Crippen LogP contribution in [0.2, 0.25) is 0 Å². The maximum atomic E-state index is 12.0. The lowest BCUT2D eigenvalue weighted by molar-refractivity contribution is -0.870. The lowest BCUT2D eigenvalue weighted by atomic mass is 10.0. The van der Waals surface area contributed by atoms with Crippen LogP contribution in [0.5, 0.6) is 0 Å². The zero-order valence-corrected chi connectivity index (χ0v) is 37.5. The fourth-order valence-corrected chi connectivity index (χ4v) is 6.76. The van der Waals surface area contributed by atoms with Crippen molar-refractivity contribution in [3.63, 3.8) is 0 Å². The first-order chi connectivity index (χ1) is 25.9. The minimum atomic E-state index is -4.26. The van der Waals surface area contributed by atoms with Gasteiger partial charge in [0.2, 0.25) is 5.91 Å². The third-order valence-corrected chi connectivity index (χ3v) is 10.5. The number of carbonyl (C=O) groups is 1. The van der Waals surface area contributed by atoms with Crippen molar-refractivity contribution in [2.24, 2.45) is 0 Å². The summed E-state index contributed by atoms with van der Waals surface area (Å²) >= 11 is 0. The average Bonchev–Trinajstić information content (AvgIpc) is 3.11. The Morgan fingerprint density at radius 1 is 0.556 bits per heavy atom. The quantitative estimate of drug-likeness (QED) is 0.0276. The predicted molar refractivity (Wildman–Crippen MR) is 230 cm³/mol. The van der Waals surface area contributed by atoms with Crippen LogP contribution in [0, 0.1) is 0 Å². The molecule has 0 spiro atoms. The van der Waals surface area contributed by atoms with Crippen molar-refractivity contribution in [3.05, 3.63) is 0 Å². The molecule has 0 aliphatic rings. The summed E-state index contributed by atoms with van der Waals surface area (Å²) < 4.78 is 20.7. The zero-order valence-electron chi connectivity index (χ0n) is 36.6. The van der Waals surface area contributed by atoms with Gasteiger partial charge in [-0.2, -0.15) is 0 Å². The highest BCUT2D eigenvalue weighted by molar-refractivity contribution is 7.46. The molecule has 0 aliphatic heterocycles. The third kappa shape index (κ3) is 53.6. The van der Waals surface area contributed by atoms with Crippen LogP contribution in [0.4, 0.5) is 0 Å². The molecule has 0 heterocycles. The van der Waals surface area contributed by atoms with Crippen molar-refractivity contribution < 1.29 is 38.0 Å². The van der Waals surface area contributed by atoms with E-state index in [-0.39, 0.29) is 12.5 Å². The number of aliphatic hydroxyl groups is 1. The molecular formula is C44H94N2O7P+. The van der Waals surface area contributed by atoms with E-state index < -0.39 is 13.9 Å². The van der Waals surface area contributed by atoms with Crippen LogP contribution in [0.15, 0.2) is 0 Å². The molecule has 10 heteroatoms. The molecule has 1 amide bonds. The van der Waals surface area contributed by atoms with Crippen LogP contribution < -0.4 is 5.32 Å². The third-order valence-electron chi connectivity index (χ3n) is 10.0. The van der Waals surface area contributed by atoms with E-state index in [0.29, 0.717) is 37.2 Å². The van der Waals surface area contributed by atoms with Gasteiger partial charge in [0.05, 0.1) is 33.9 Å². The number of ether oxygens (including phenoxy) is 1. The number of unbranched alkanes of at least 4 members (excludes halogenated alkanes) is 29. The zero-order chi connectivity index (χ0) is 40.4. The second-order valence-electron chi connectivity index (χ2n) is 16.9. The number of likely N-dealkylation sites (N-methyl/N-ethyl adjacent to an activating group) is 1.